The Labute approximate surface area is 416 Å². The molecule has 2 aliphatic heterocycles. The smallest absolute Gasteiger partial charge is 0.329 e. The maximum Gasteiger partial charge on any atom is 0.329 e. The van der Waals surface area contributed by atoms with Crippen LogP contribution in [0.1, 0.15) is 73.1 Å². The molecule has 2 amide bonds. The number of nitrogens with zero attached hydrogens (tertiary/aromatic N) is 6. The number of benzene rings is 4. The predicted octanol–water partition coefficient (Wildman–Crippen LogP) is 5.44. The van der Waals surface area contributed by atoms with Crippen LogP contribution in [-0.4, -0.2) is 137 Å². The number of hydrogen-bond acceptors (Lipinski definition) is 10. The van der Waals surface area contributed by atoms with Gasteiger partial charge in [-0.3, -0.25) is 27.9 Å². The quantitative estimate of drug-likeness (QED) is 0.0934. The second-order valence-electron chi connectivity index (χ2n) is 18.0. The minimum absolute atomic E-state index is 0. The van der Waals surface area contributed by atoms with Gasteiger partial charge >= 0.3 is 11.4 Å². The lowest BCUT2D eigenvalue weighted by atomic mass is 10.0. The Morgan fingerprint density at radius 2 is 0.845 bits per heavy atom. The molecule has 4 aromatic carbocycles. The van der Waals surface area contributed by atoms with E-state index in [2.05, 4.69) is 20.4 Å². The monoisotopic (exact) mass is 979 g/mol. The highest BCUT2D eigenvalue weighted by atomic mass is 16.5. The van der Waals surface area contributed by atoms with Crippen LogP contribution in [0.25, 0.3) is 22.1 Å². The Hall–Kier alpha value is -6.24. The van der Waals surface area contributed by atoms with Crippen molar-refractivity contribution in [2.45, 2.75) is 103 Å². The largest absolute Gasteiger partial charge is 0.496 e. The summed E-state index contributed by atoms with van der Waals surface area (Å²) in [4.78, 5) is 56.1. The van der Waals surface area contributed by atoms with E-state index in [1.165, 1.54) is 0 Å². The second-order valence-corrected chi connectivity index (χ2v) is 18.0. The lowest BCUT2D eigenvalue weighted by Gasteiger charge is -2.38. The first-order chi connectivity index (χ1) is 34.1. The summed E-state index contributed by atoms with van der Waals surface area (Å²) in [6.07, 6.45) is 5.34. The number of aromatic nitrogens is 4. The van der Waals surface area contributed by atoms with Crippen LogP contribution < -0.4 is 31.5 Å². The minimum atomic E-state index is -0.139. The van der Waals surface area contributed by atoms with Crippen molar-refractivity contribution < 1.29 is 34.0 Å². The highest BCUT2D eigenvalue weighted by Crippen LogP contribution is 2.23. The van der Waals surface area contributed by atoms with Gasteiger partial charge in [-0.25, -0.2) is 9.59 Å². The highest BCUT2D eigenvalue weighted by Gasteiger charge is 2.32. The molecule has 71 heavy (non-hydrogen) atoms. The molecule has 2 saturated heterocycles. The average molecular weight is 979 g/mol. The van der Waals surface area contributed by atoms with E-state index in [0.29, 0.717) is 48.8 Å². The van der Waals surface area contributed by atoms with Gasteiger partial charge in [0.15, 0.2) is 0 Å². The fourth-order valence-corrected chi connectivity index (χ4v) is 10.1. The summed E-state index contributed by atoms with van der Waals surface area (Å²) in [6, 6.07) is 30.4. The predicted molar refractivity (Wildman–Crippen MR) is 278 cm³/mol. The molecule has 384 valence electrons. The Bertz CT molecular complexity index is 2590. The number of hydrogen-bond donors (Lipinski definition) is 2. The third-order valence-electron chi connectivity index (χ3n) is 13.9. The number of piperidine rings is 2. The number of carbonyl (C=O) groups is 2. The van der Waals surface area contributed by atoms with Crippen molar-refractivity contribution in [1.29, 1.82) is 0 Å². The molecule has 2 aromatic heterocycles. The molecule has 4 atom stereocenters. The summed E-state index contributed by atoms with van der Waals surface area (Å²) in [6.45, 7) is 12.0. The lowest BCUT2D eigenvalue weighted by Crippen LogP contribution is -2.54. The molecule has 8 rings (SSSR count). The van der Waals surface area contributed by atoms with Crippen LogP contribution in [0.15, 0.2) is 107 Å². The second kappa shape index (κ2) is 26.3. The van der Waals surface area contributed by atoms with Gasteiger partial charge in [-0.05, 0) is 114 Å². The van der Waals surface area contributed by atoms with E-state index in [1.54, 1.807) is 52.7 Å². The molecule has 2 fully saturated rings. The highest BCUT2D eigenvalue weighted by molar-refractivity contribution is 5.97. The fourth-order valence-electron chi connectivity index (χ4n) is 10.1. The first kappa shape index (κ1) is 54.1. The third kappa shape index (κ3) is 12.8. The van der Waals surface area contributed by atoms with Crippen molar-refractivity contribution in [3.8, 4) is 11.5 Å². The zero-order valence-electron chi connectivity index (χ0n) is 42.3. The number of fused-ring (bicyclic) bond motifs is 2. The normalized spacial score (nSPS) is 18.3. The molecular weight excluding hydrogens is 905 g/mol. The van der Waals surface area contributed by atoms with Crippen LogP contribution in [0.4, 0.5) is 0 Å². The van der Waals surface area contributed by atoms with Crippen molar-refractivity contribution >= 4 is 33.9 Å². The summed E-state index contributed by atoms with van der Waals surface area (Å²) in [5.41, 5.74) is 5.22. The van der Waals surface area contributed by atoms with E-state index in [-0.39, 0.29) is 53.0 Å². The van der Waals surface area contributed by atoms with Gasteiger partial charge in [-0.2, -0.15) is 0 Å². The van der Waals surface area contributed by atoms with Crippen LogP contribution >= 0.6 is 0 Å². The zero-order valence-corrected chi connectivity index (χ0v) is 42.3. The van der Waals surface area contributed by atoms with Gasteiger partial charge in [0.05, 0.1) is 71.7 Å². The van der Waals surface area contributed by atoms with Crippen molar-refractivity contribution in [3.05, 3.63) is 129 Å². The Morgan fingerprint density at radius 3 is 1.20 bits per heavy atom. The van der Waals surface area contributed by atoms with E-state index in [1.807, 2.05) is 105 Å². The topological polar surface area (TPSA) is 187 Å². The Kier molecular flexibility index (Phi) is 20.0. The fraction of sp³-hybridized carbons (Fsp3) is 0.481. The van der Waals surface area contributed by atoms with Crippen LogP contribution in [0.3, 0.4) is 0 Å². The van der Waals surface area contributed by atoms with Crippen LogP contribution in [-0.2, 0) is 35.7 Å². The van der Waals surface area contributed by atoms with Gasteiger partial charge in [0.25, 0.3) is 11.8 Å². The molecule has 6 aromatic rings. The molecular formula is C54H74N8O9. The summed E-state index contributed by atoms with van der Waals surface area (Å²) < 4.78 is 29.6. The van der Waals surface area contributed by atoms with Crippen molar-refractivity contribution in [1.82, 2.24) is 38.7 Å². The van der Waals surface area contributed by atoms with Crippen molar-refractivity contribution in [2.75, 3.05) is 67.7 Å². The molecule has 2 aliphatic rings. The number of likely N-dealkylation sites (tertiary alicyclic amines) is 2. The number of imidazole rings is 2. The van der Waals surface area contributed by atoms with Gasteiger partial charge in [0.2, 0.25) is 0 Å². The number of ether oxygens (including phenoxy) is 4. The molecule has 17 heteroatoms. The molecule has 0 bridgehead atoms. The van der Waals surface area contributed by atoms with Crippen LogP contribution in [0.2, 0.25) is 0 Å². The van der Waals surface area contributed by atoms with E-state index in [4.69, 9.17) is 18.9 Å². The standard InChI is InChI=1S/2C27H36N4O4.H2O/c2*1-4-30-22-12-6-7-13-23(22)31(27(30)33)17-10-9-16-29-18-15-21(25(19-29)35-3)28-26(32)20-11-5-8-14-24(20)34-2;/h2*5-8,11-14,21,25H,4,9-10,15-19H2,1-3H3,(H,28,32);1H2. The van der Waals surface area contributed by atoms with Gasteiger partial charge in [0.1, 0.15) is 11.5 Å². The Balaban J connectivity index is 0.000000229. The lowest BCUT2D eigenvalue weighted by molar-refractivity contribution is 0.00593. The number of carbonyl (C=O) groups excluding carboxylic acids is 2. The van der Waals surface area contributed by atoms with Gasteiger partial charge in [0, 0.05) is 66.6 Å². The number of unbranched alkanes of at least 4 members (excludes halogenated alkanes) is 2. The molecule has 4 unspecified atom stereocenters. The summed E-state index contributed by atoms with van der Waals surface area (Å²) in [5, 5.41) is 6.28. The molecule has 0 aliphatic carbocycles. The molecule has 0 saturated carbocycles. The maximum absolute atomic E-state index is 12.8. The van der Waals surface area contributed by atoms with Gasteiger partial charge in [-0.1, -0.05) is 48.5 Å². The summed E-state index contributed by atoms with van der Waals surface area (Å²) in [5.74, 6) is 0.856. The summed E-state index contributed by atoms with van der Waals surface area (Å²) >= 11 is 0. The number of amides is 2. The number of para-hydroxylation sites is 6. The summed E-state index contributed by atoms with van der Waals surface area (Å²) in [7, 11) is 6.54. The molecule has 17 nitrogen and oxygen atoms in total. The minimum Gasteiger partial charge on any atom is -0.496 e. The third-order valence-corrected chi connectivity index (χ3v) is 13.9. The van der Waals surface area contributed by atoms with E-state index < -0.39 is 0 Å². The van der Waals surface area contributed by atoms with Crippen molar-refractivity contribution in [3.63, 3.8) is 0 Å². The first-order valence-corrected chi connectivity index (χ1v) is 24.9. The van der Waals surface area contributed by atoms with E-state index in [0.717, 1.165) is 99.9 Å². The van der Waals surface area contributed by atoms with Gasteiger partial charge < -0.3 is 44.9 Å². The molecule has 0 spiro atoms. The average Bonchev–Trinajstić information content (AvgIpc) is 3.83. The van der Waals surface area contributed by atoms with Crippen LogP contribution in [0, 0.1) is 0 Å². The molecule has 4 N–H and O–H groups in total. The first-order valence-electron chi connectivity index (χ1n) is 24.9. The van der Waals surface area contributed by atoms with Crippen LogP contribution in [0.5, 0.6) is 11.5 Å². The SMILES string of the molecule is CCn1c(=O)n(CCCCN2CCC(NC(=O)c3ccccc3OC)C(OC)C2)c2ccccc21.CCn1c(=O)n(CCCCN2CCC(NC(=O)c3ccccc3OC)C(OC)C2)c2ccccc21.O. The molecule has 4 heterocycles. The van der Waals surface area contributed by atoms with E-state index >= 15 is 0 Å². The zero-order chi connectivity index (χ0) is 49.6. The number of aryl methyl sites for hydroxylation is 4. The molecule has 0 radical (unpaired) electrons. The van der Waals surface area contributed by atoms with Gasteiger partial charge in [-0.15, -0.1) is 0 Å². The van der Waals surface area contributed by atoms with E-state index in [9.17, 15) is 19.2 Å². The maximum atomic E-state index is 12.8. The number of methoxy groups -OCH3 is 4. The Morgan fingerprint density at radius 1 is 0.507 bits per heavy atom. The number of rotatable bonds is 20. The van der Waals surface area contributed by atoms with Crippen molar-refractivity contribution in [2.24, 2.45) is 0 Å². The number of nitrogens with one attached hydrogen (secondary N) is 2.